The van der Waals surface area contributed by atoms with E-state index in [1.54, 1.807) is 27.0 Å². The van der Waals surface area contributed by atoms with Gasteiger partial charge in [-0.1, -0.05) is 84.9 Å². The Morgan fingerprint density at radius 1 is 0.477 bits per heavy atom. The quantitative estimate of drug-likeness (QED) is 0.140. The van der Waals surface area contributed by atoms with Gasteiger partial charge in [-0.2, -0.15) is 92.7 Å². The molecule has 11 aromatic rings. The Morgan fingerprint density at radius 2 is 0.831 bits per heavy atom. The number of aromatic nitrogens is 7. The van der Waals surface area contributed by atoms with Gasteiger partial charge in [0.25, 0.3) is 0 Å². The van der Waals surface area contributed by atoms with E-state index in [9.17, 15) is 31.4 Å². The first-order valence-electron chi connectivity index (χ1n) is 19.4. The van der Waals surface area contributed by atoms with Gasteiger partial charge in [-0.05, 0) is 59.9 Å². The molecular formula is C49H35F6IrN7OS-2. The maximum Gasteiger partial charge on any atom is 0.386 e. The van der Waals surface area contributed by atoms with Crippen LogP contribution in [0, 0.1) is 12.1 Å². The second-order valence-corrected chi connectivity index (χ2v) is 14.9. The van der Waals surface area contributed by atoms with Crippen LogP contribution in [0.25, 0.3) is 75.8 Å². The van der Waals surface area contributed by atoms with Crippen molar-refractivity contribution in [3.05, 3.63) is 182 Å². The van der Waals surface area contributed by atoms with Gasteiger partial charge in [-0.25, -0.2) is 4.98 Å². The molecule has 1 N–H and O–H groups in total. The number of thiazole rings is 1. The number of aromatic hydroxyl groups is 1. The summed E-state index contributed by atoms with van der Waals surface area (Å²) in [7, 11) is 0. The zero-order chi connectivity index (χ0) is 45.3. The summed E-state index contributed by atoms with van der Waals surface area (Å²) in [5, 5.41) is 33.2. The zero-order valence-corrected chi connectivity index (χ0v) is 37.5. The molecule has 0 aliphatic rings. The minimum absolute atomic E-state index is 0. The summed E-state index contributed by atoms with van der Waals surface area (Å²) >= 11 is 1.59. The molecule has 65 heavy (non-hydrogen) atoms. The third kappa shape index (κ3) is 13.0. The van der Waals surface area contributed by atoms with Gasteiger partial charge in [0.2, 0.25) is 0 Å². The van der Waals surface area contributed by atoms with Gasteiger partial charge >= 0.3 is 12.4 Å². The molecule has 0 spiro atoms. The van der Waals surface area contributed by atoms with Crippen LogP contribution in [0.15, 0.2) is 170 Å². The summed E-state index contributed by atoms with van der Waals surface area (Å²) in [6.07, 6.45) is -8.00. The third-order valence-electron chi connectivity index (χ3n) is 8.80. The Morgan fingerprint density at radius 3 is 1.25 bits per heavy atom. The van der Waals surface area contributed by atoms with Crippen LogP contribution < -0.4 is 0 Å². The van der Waals surface area contributed by atoms with Crippen molar-refractivity contribution in [1.29, 1.82) is 0 Å². The fraction of sp³-hybridized carbons (Fsp3) is 0.0816. The molecule has 11 rings (SSSR count). The van der Waals surface area contributed by atoms with Crippen LogP contribution >= 0.6 is 11.3 Å². The second-order valence-electron chi connectivity index (χ2n) is 13.8. The van der Waals surface area contributed by atoms with E-state index in [0.29, 0.717) is 0 Å². The Hall–Kier alpha value is -7.00. The Kier molecular flexibility index (Phi) is 15.4. The van der Waals surface area contributed by atoms with E-state index < -0.39 is 12.4 Å². The molecule has 8 aromatic carbocycles. The van der Waals surface area contributed by atoms with E-state index in [2.05, 4.69) is 61.8 Å². The van der Waals surface area contributed by atoms with Gasteiger partial charge in [0.15, 0.2) is 0 Å². The fourth-order valence-electron chi connectivity index (χ4n) is 6.18. The number of benzene rings is 8. The predicted molar refractivity (Wildman–Crippen MR) is 241 cm³/mol. The average Bonchev–Trinajstić information content (AvgIpc) is 4.03. The Balaban J connectivity index is 0.000000146. The molecule has 0 saturated heterocycles. The first kappa shape index (κ1) is 47.5. The molecule has 0 aliphatic carbocycles. The zero-order valence-electron chi connectivity index (χ0n) is 34.3. The van der Waals surface area contributed by atoms with Gasteiger partial charge in [-0.15, -0.1) is 45.0 Å². The maximum absolute atomic E-state index is 10.4. The van der Waals surface area contributed by atoms with E-state index in [0.717, 1.165) is 75.8 Å². The summed E-state index contributed by atoms with van der Waals surface area (Å²) in [5.41, 5.74) is 7.11. The Bertz CT molecular complexity index is 3010. The number of para-hydroxylation sites is 2. The van der Waals surface area contributed by atoms with Crippen molar-refractivity contribution in [3.8, 4) is 27.7 Å². The van der Waals surface area contributed by atoms with Crippen molar-refractivity contribution in [2.75, 3.05) is 0 Å². The number of hydrogen-bond donors (Lipinski definition) is 1. The summed E-state index contributed by atoms with van der Waals surface area (Å²) in [6, 6.07) is 61.7. The van der Waals surface area contributed by atoms with Crippen LogP contribution in [-0.4, -0.2) is 52.4 Å². The minimum atomic E-state index is -4.00. The maximum atomic E-state index is 10.4. The molecule has 1 radical (unpaired) electrons. The molecule has 0 fully saturated rings. The van der Waals surface area contributed by atoms with Crippen LogP contribution in [0.5, 0.6) is 5.75 Å². The van der Waals surface area contributed by atoms with Crippen molar-refractivity contribution in [3.63, 3.8) is 0 Å². The smallest absolute Gasteiger partial charge is 0.386 e. The van der Waals surface area contributed by atoms with Gasteiger partial charge in [0.1, 0.15) is 32.8 Å². The van der Waals surface area contributed by atoms with Crippen molar-refractivity contribution < 1.29 is 51.6 Å². The normalized spacial score (nSPS) is 11.0. The SMILES string of the molecule is CC(F)(F)F.CC(F)(F)F.Oc1ccccc1-c1nc2ccccc2s1.[Ir].[c-]1ccc2ccccc2c1-n1nc2ccccc2n1.[c-]1ccc2ccccc2c1-n1nc2ccccc2n1. The molecule has 3 aromatic heterocycles. The van der Waals surface area contributed by atoms with E-state index in [1.165, 1.54) is 0 Å². The number of hydrogen-bond acceptors (Lipinski definition) is 7. The standard InChI is InChI=1S/2C16H10N3.C13H9NOS.2C2H3F3.Ir/c2*1-2-8-13-12(6-1)7-5-11-16(13)19-17-14-9-3-4-10-15(14)18-19;15-11-7-3-1-5-9(11)13-14-10-6-2-4-8-12(10)16-13;2*1-2(3,4)5;/h2*1-10H;1-8,15H;2*1H3;/q2*-1;;;;. The number of rotatable bonds is 3. The summed E-state index contributed by atoms with van der Waals surface area (Å²) in [5.74, 6) is 0.279. The number of phenols is 1. The minimum Gasteiger partial charge on any atom is -0.507 e. The van der Waals surface area contributed by atoms with Gasteiger partial charge in [-0.3, -0.25) is 0 Å². The molecule has 0 bridgehead atoms. The fourth-order valence-corrected chi connectivity index (χ4v) is 7.18. The van der Waals surface area contributed by atoms with E-state index in [-0.39, 0.29) is 39.7 Å². The van der Waals surface area contributed by atoms with E-state index >= 15 is 0 Å². The van der Waals surface area contributed by atoms with Gasteiger partial charge in [0, 0.05) is 34.0 Å². The van der Waals surface area contributed by atoms with E-state index in [4.69, 9.17) is 0 Å². The third-order valence-corrected chi connectivity index (χ3v) is 9.87. The first-order chi connectivity index (χ1) is 30.7. The molecule has 0 unspecified atom stereocenters. The van der Waals surface area contributed by atoms with Crippen LogP contribution in [0.2, 0.25) is 0 Å². The summed E-state index contributed by atoms with van der Waals surface area (Å²) in [4.78, 5) is 7.82. The van der Waals surface area contributed by atoms with E-state index in [1.807, 2.05) is 140 Å². The Labute approximate surface area is 385 Å². The number of halogens is 6. The van der Waals surface area contributed by atoms with Crippen LogP contribution in [-0.2, 0) is 20.1 Å². The molecule has 0 atom stereocenters. The molecule has 331 valence electrons. The second kappa shape index (κ2) is 21.1. The topological polar surface area (TPSA) is 94.5 Å². The van der Waals surface area contributed by atoms with Gasteiger partial charge < -0.3 is 5.11 Å². The predicted octanol–water partition coefficient (Wildman–Crippen LogP) is 13.6. The van der Waals surface area contributed by atoms with Crippen LogP contribution in [0.4, 0.5) is 26.3 Å². The van der Waals surface area contributed by atoms with Crippen molar-refractivity contribution >= 4 is 65.2 Å². The molecule has 0 aliphatic heterocycles. The molecule has 3 heterocycles. The van der Waals surface area contributed by atoms with Gasteiger partial charge in [0.05, 0.1) is 15.8 Å². The molecule has 0 saturated carbocycles. The number of phenolic OH excluding ortho intramolecular Hbond substituents is 1. The largest absolute Gasteiger partial charge is 0.507 e. The first-order valence-corrected chi connectivity index (χ1v) is 20.2. The summed E-state index contributed by atoms with van der Waals surface area (Å²) < 4.78 is 63.3. The number of nitrogens with zero attached hydrogens (tertiary/aromatic N) is 7. The monoisotopic (exact) mass is 1080 g/mol. The van der Waals surface area contributed by atoms with Crippen molar-refractivity contribution in [2.24, 2.45) is 0 Å². The molecular weight excluding hydrogens is 1040 g/mol. The van der Waals surface area contributed by atoms with Crippen molar-refractivity contribution in [1.82, 2.24) is 35.0 Å². The molecule has 16 heteroatoms. The number of fused-ring (bicyclic) bond motifs is 5. The van der Waals surface area contributed by atoms with Crippen LogP contribution in [0.3, 0.4) is 0 Å². The molecule has 0 amide bonds. The average molecular weight is 1080 g/mol. The molecule has 8 nitrogen and oxygen atoms in total. The summed E-state index contributed by atoms with van der Waals surface area (Å²) in [6.45, 7) is 0.375. The van der Waals surface area contributed by atoms with Crippen LogP contribution in [0.1, 0.15) is 13.8 Å². The van der Waals surface area contributed by atoms with Crippen molar-refractivity contribution in [2.45, 2.75) is 26.2 Å². The number of alkyl halides is 6.